The average Bonchev–Trinajstić information content (AvgIpc) is 0.789. The molecule has 0 aromatic heterocycles. The molecule has 1 aromatic carbocycles. The first kappa shape index (κ1) is 109. The predicted molar refractivity (Wildman–Crippen MR) is 432 cm³/mol. The standard InChI is InChI=1S/C84H146O44/c1-3-5-7-9-11-13-15-17-19-25-83(37-113-75-67(109)59(101)71(47(33-89)121-75)125-79-63(105)55(97)51(93)43(29-85)117-79,38-114-76-68(110)60(102)72(48(34-90)122-76)126-80-64(106)56(98)52(94)44(30-86)118-80)27-41-21-23-42(24-22-41)28-84(26-20-18-16-14-12-10-8-6-4-2,39-115-77-69(111)61(103)73(49(35-91)123-77)127-81-65(107)57(99)53(95)45(31-87)119-81)40-116-78-70(112)62(104)74(50(36-92)124-78)128-82-66(108)58(100)54(96)46(32-88)120-82/h21-24,43-82,85-112H,3-20,25-40H2,1-2H3/t43?,44?,45?,46?,47?,48?,49?,50?,51-,52-,53-,54-,55+,56+,57+,58+,59-,60-,61-,62-,63?,64?,65?,66?,67?,68?,69?,70?,71-,72-,73-,74-,75-,76-,77-,78-,79-,80+,81-,82+,83?,84?/m1/s1. The van der Waals surface area contributed by atoms with Crippen LogP contribution in [0.25, 0.3) is 0 Å². The Morgan fingerprint density at radius 2 is 0.398 bits per heavy atom. The van der Waals surface area contributed by atoms with Crippen LogP contribution in [0.4, 0.5) is 0 Å². The highest BCUT2D eigenvalue weighted by molar-refractivity contribution is 5.25. The van der Waals surface area contributed by atoms with Crippen molar-refractivity contribution in [2.24, 2.45) is 10.8 Å². The number of unbranched alkanes of at least 4 members (excludes halogenated alkanes) is 16. The summed E-state index contributed by atoms with van der Waals surface area (Å²) < 4.78 is 96.4. The van der Waals surface area contributed by atoms with E-state index in [9.17, 15) is 143 Å². The normalized spacial score (nSPS) is 41.9. The molecular weight excluding hydrogens is 1710 g/mol. The van der Waals surface area contributed by atoms with Gasteiger partial charge in [-0.2, -0.15) is 0 Å². The molecule has 9 rings (SSSR count). The number of aliphatic hydroxyl groups is 28. The van der Waals surface area contributed by atoms with Gasteiger partial charge in [-0.3, -0.25) is 0 Å². The lowest BCUT2D eigenvalue weighted by molar-refractivity contribution is -0.365. The highest BCUT2D eigenvalue weighted by Crippen LogP contribution is 2.42. The molecule has 0 spiro atoms. The Hall–Kier alpha value is -2.54. The lowest BCUT2D eigenvalue weighted by atomic mass is 9.76. The molecule has 0 amide bonds. The number of benzene rings is 1. The van der Waals surface area contributed by atoms with Crippen LogP contribution in [0.1, 0.15) is 153 Å². The molecule has 0 saturated carbocycles. The minimum Gasteiger partial charge on any atom is -0.394 e. The molecule has 18 unspecified atom stereocenters. The van der Waals surface area contributed by atoms with E-state index in [1.54, 1.807) is 24.3 Å². The molecule has 0 radical (unpaired) electrons. The van der Waals surface area contributed by atoms with Gasteiger partial charge < -0.3 is 219 Å². The molecule has 28 N–H and O–H groups in total. The van der Waals surface area contributed by atoms with Gasteiger partial charge in [-0.15, -0.1) is 0 Å². The fourth-order valence-electron chi connectivity index (χ4n) is 17.8. The second-order valence-electron chi connectivity index (χ2n) is 35.6. The van der Waals surface area contributed by atoms with Gasteiger partial charge in [0.25, 0.3) is 0 Å². The molecule has 44 heteroatoms. The van der Waals surface area contributed by atoms with E-state index in [-0.39, 0.29) is 25.7 Å². The van der Waals surface area contributed by atoms with E-state index in [1.165, 1.54) is 0 Å². The molecule has 8 heterocycles. The Morgan fingerprint density at radius 1 is 0.219 bits per heavy atom. The van der Waals surface area contributed by atoms with Crippen LogP contribution in [0.15, 0.2) is 24.3 Å². The number of aliphatic hydroxyl groups excluding tert-OH is 28. The summed E-state index contributed by atoms with van der Waals surface area (Å²) in [5, 5.41) is 307. The maximum Gasteiger partial charge on any atom is 0.187 e. The fraction of sp³-hybridized carbons (Fsp3) is 0.929. The Bertz CT molecular complexity index is 2840. The van der Waals surface area contributed by atoms with Crippen molar-refractivity contribution in [2.45, 2.75) is 401 Å². The summed E-state index contributed by atoms with van der Waals surface area (Å²) in [4.78, 5) is 0. The molecule has 8 aliphatic rings. The molecule has 8 fully saturated rings. The topological polar surface area (TPSA) is 714 Å². The maximum atomic E-state index is 12.0. The zero-order valence-electron chi connectivity index (χ0n) is 72.5. The van der Waals surface area contributed by atoms with Crippen molar-refractivity contribution in [3.05, 3.63) is 35.4 Å². The van der Waals surface area contributed by atoms with Gasteiger partial charge >= 0.3 is 0 Å². The summed E-state index contributed by atoms with van der Waals surface area (Å²) in [6, 6.07) is 6.94. The molecule has 42 atom stereocenters. The monoisotopic (exact) mass is 1860 g/mol. The smallest absolute Gasteiger partial charge is 0.187 e. The quantitative estimate of drug-likeness (QED) is 0.0269. The SMILES string of the molecule is CCCCCCCCCCCC(CO[C@@H]1OC(CO)[C@@H](O[C@H]2OC(CO)[C@@H](O)[C@H](O)C2O)[C@H](O)C1O)(CO[C@@H]1OC(CO)[C@@H](O[C@@H]2OC(CO)[C@@H](O)[C@H](O)C2O)[C@H](O)C1O)Cc1ccc(CC(CCCCCCCCCCC)(CO[C@@H]2OC(CO)[C@@H](O[C@H]3OC(CO)[C@@H](O)[C@H](O)C3O)[C@H](O)C2O)CO[C@@H]2OC(CO)[C@@H](O[C@@H]3OC(CO)[C@@H](O)[C@H](O)C3O)[C@H](O)C2O)cc1. The van der Waals surface area contributed by atoms with Gasteiger partial charge in [-0.25, -0.2) is 0 Å². The van der Waals surface area contributed by atoms with E-state index < -0.39 is 336 Å². The van der Waals surface area contributed by atoms with Gasteiger partial charge in [0.1, 0.15) is 195 Å². The van der Waals surface area contributed by atoms with E-state index in [2.05, 4.69) is 13.8 Å². The highest BCUT2D eigenvalue weighted by Gasteiger charge is 2.58. The fourth-order valence-corrected chi connectivity index (χ4v) is 17.8. The second kappa shape index (κ2) is 52.9. The molecule has 128 heavy (non-hydrogen) atoms. The summed E-state index contributed by atoms with van der Waals surface area (Å²) >= 11 is 0. The molecule has 8 saturated heterocycles. The Labute approximate surface area is 742 Å². The highest BCUT2D eigenvalue weighted by atomic mass is 16.8. The van der Waals surface area contributed by atoms with Gasteiger partial charge in [-0.05, 0) is 36.8 Å². The van der Waals surface area contributed by atoms with Crippen LogP contribution in [0.3, 0.4) is 0 Å². The summed E-state index contributed by atoms with van der Waals surface area (Å²) in [7, 11) is 0. The van der Waals surface area contributed by atoms with E-state index in [1.807, 2.05) is 0 Å². The van der Waals surface area contributed by atoms with Crippen LogP contribution in [0.2, 0.25) is 0 Å². The van der Waals surface area contributed by atoms with E-state index in [0.29, 0.717) is 36.8 Å². The zero-order valence-corrected chi connectivity index (χ0v) is 72.5. The molecule has 8 aliphatic heterocycles. The Balaban J connectivity index is 1.07. The lowest BCUT2D eigenvalue weighted by Crippen LogP contribution is -2.65. The predicted octanol–water partition coefficient (Wildman–Crippen LogP) is -8.85. The molecular formula is C84H146O44. The van der Waals surface area contributed by atoms with Crippen molar-refractivity contribution in [3.8, 4) is 0 Å². The van der Waals surface area contributed by atoms with Crippen LogP contribution in [0.5, 0.6) is 0 Å². The molecule has 1 aromatic rings. The van der Waals surface area contributed by atoms with Crippen molar-refractivity contribution < 1.29 is 219 Å². The first-order valence-corrected chi connectivity index (χ1v) is 45.2. The lowest BCUT2D eigenvalue weighted by Gasteiger charge is -2.47. The molecule has 746 valence electrons. The van der Waals surface area contributed by atoms with Gasteiger partial charge in [0.15, 0.2) is 50.3 Å². The molecule has 0 bridgehead atoms. The summed E-state index contributed by atoms with van der Waals surface area (Å²) in [5.41, 5.74) is -1.76. The number of hydrogen-bond donors (Lipinski definition) is 28. The summed E-state index contributed by atoms with van der Waals surface area (Å²) in [6.07, 6.45) is -57.7. The van der Waals surface area contributed by atoms with Crippen LogP contribution in [0, 0.1) is 10.8 Å². The van der Waals surface area contributed by atoms with Gasteiger partial charge in [0, 0.05) is 10.8 Å². The van der Waals surface area contributed by atoms with Gasteiger partial charge in [-0.1, -0.05) is 154 Å². The minimum absolute atomic E-state index is 0.0614. The van der Waals surface area contributed by atoms with Crippen LogP contribution < -0.4 is 0 Å². The van der Waals surface area contributed by atoms with Gasteiger partial charge in [0.05, 0.1) is 79.3 Å². The van der Waals surface area contributed by atoms with Crippen molar-refractivity contribution in [3.63, 3.8) is 0 Å². The van der Waals surface area contributed by atoms with E-state index in [0.717, 1.165) is 89.9 Å². The first-order valence-electron chi connectivity index (χ1n) is 45.2. The van der Waals surface area contributed by atoms with Gasteiger partial charge in [0.2, 0.25) is 0 Å². The third kappa shape index (κ3) is 27.9. The molecule has 0 aliphatic carbocycles. The van der Waals surface area contributed by atoms with Crippen molar-refractivity contribution in [2.75, 3.05) is 79.3 Å². The Morgan fingerprint density at radius 3 is 0.594 bits per heavy atom. The van der Waals surface area contributed by atoms with Crippen molar-refractivity contribution in [1.82, 2.24) is 0 Å². The first-order chi connectivity index (χ1) is 61.3. The zero-order chi connectivity index (χ0) is 93.4. The molecule has 44 nitrogen and oxygen atoms in total. The van der Waals surface area contributed by atoms with Crippen LogP contribution >= 0.6 is 0 Å². The largest absolute Gasteiger partial charge is 0.394 e. The number of rotatable bonds is 52. The Kier molecular flexibility index (Phi) is 45.1. The number of ether oxygens (including phenoxy) is 16. The summed E-state index contributed by atoms with van der Waals surface area (Å²) in [6.45, 7) is -4.94. The van der Waals surface area contributed by atoms with Crippen molar-refractivity contribution in [1.29, 1.82) is 0 Å². The third-order valence-electron chi connectivity index (χ3n) is 25.9. The van der Waals surface area contributed by atoms with Crippen molar-refractivity contribution >= 4 is 0 Å². The second-order valence-corrected chi connectivity index (χ2v) is 35.6. The van der Waals surface area contributed by atoms with E-state index in [4.69, 9.17) is 75.8 Å². The third-order valence-corrected chi connectivity index (χ3v) is 25.9. The maximum absolute atomic E-state index is 12.0. The minimum atomic E-state index is -2.05. The van der Waals surface area contributed by atoms with Crippen LogP contribution in [-0.4, -0.2) is 468 Å². The van der Waals surface area contributed by atoms with E-state index >= 15 is 0 Å². The summed E-state index contributed by atoms with van der Waals surface area (Å²) in [5.74, 6) is 0. The average molecular weight is 1860 g/mol. The number of hydrogen-bond acceptors (Lipinski definition) is 44. The van der Waals surface area contributed by atoms with Crippen LogP contribution in [-0.2, 0) is 88.6 Å².